The zero-order chi connectivity index (χ0) is 19.6. The number of fused-ring (bicyclic) bond motifs is 1. The minimum absolute atomic E-state index is 0.0309. The molecular formula is C21H30N2O3S. The van der Waals surface area contributed by atoms with E-state index in [1.807, 2.05) is 25.7 Å². The van der Waals surface area contributed by atoms with Gasteiger partial charge >= 0.3 is 6.09 Å². The monoisotopic (exact) mass is 390 g/mol. The lowest BCUT2D eigenvalue weighted by Gasteiger charge is -2.46. The maximum Gasteiger partial charge on any atom is 0.410 e. The van der Waals surface area contributed by atoms with Gasteiger partial charge in [0.05, 0.1) is 6.04 Å². The number of carbonyl (C=O) groups is 1. The first-order valence-corrected chi connectivity index (χ1v) is 11.0. The molecule has 3 aliphatic rings. The molecule has 148 valence electrons. The first-order chi connectivity index (χ1) is 12.5. The fraction of sp³-hybridized carbons (Fsp3) is 0.667. The number of nitrogens with one attached hydrogen (secondary N) is 1. The van der Waals surface area contributed by atoms with Crippen LogP contribution in [0.4, 0.5) is 4.79 Å². The Morgan fingerprint density at radius 2 is 1.96 bits per heavy atom. The molecule has 1 N–H and O–H groups in total. The lowest BCUT2D eigenvalue weighted by molar-refractivity contribution is 0.00700. The molecule has 4 rings (SSSR count). The van der Waals surface area contributed by atoms with Gasteiger partial charge in [-0.2, -0.15) is 0 Å². The second-order valence-corrected chi connectivity index (χ2v) is 11.5. The second-order valence-electron chi connectivity index (χ2n) is 9.71. The summed E-state index contributed by atoms with van der Waals surface area (Å²) in [6, 6.07) is 6.56. The Morgan fingerprint density at radius 3 is 2.59 bits per heavy atom. The van der Waals surface area contributed by atoms with Gasteiger partial charge in [-0.15, -0.1) is 4.72 Å². The van der Waals surface area contributed by atoms with Gasteiger partial charge in [-0.05, 0) is 65.0 Å². The maximum absolute atomic E-state index is 12.9. The fourth-order valence-electron chi connectivity index (χ4n) is 4.89. The van der Waals surface area contributed by atoms with Crippen LogP contribution in [0.5, 0.6) is 0 Å². The molecule has 2 atom stereocenters. The molecule has 5 nitrogen and oxygen atoms in total. The van der Waals surface area contributed by atoms with Crippen LogP contribution in [-0.4, -0.2) is 34.2 Å². The van der Waals surface area contributed by atoms with Crippen molar-refractivity contribution in [3.05, 3.63) is 34.9 Å². The molecular weight excluding hydrogens is 360 g/mol. The molecule has 1 aromatic carbocycles. The van der Waals surface area contributed by atoms with Crippen LogP contribution >= 0.6 is 0 Å². The third-order valence-electron chi connectivity index (χ3n) is 6.39. The normalized spacial score (nSPS) is 28.1. The number of ether oxygens (including phenoxy) is 1. The van der Waals surface area contributed by atoms with E-state index in [1.165, 1.54) is 16.7 Å². The molecule has 1 saturated heterocycles. The summed E-state index contributed by atoms with van der Waals surface area (Å²) in [5.74, 6) is 0. The van der Waals surface area contributed by atoms with Crippen molar-refractivity contribution < 1.29 is 14.1 Å². The number of rotatable bonds is 0. The minimum Gasteiger partial charge on any atom is -0.597 e. The molecule has 27 heavy (non-hydrogen) atoms. The largest absolute Gasteiger partial charge is 0.597 e. The van der Waals surface area contributed by atoms with Crippen LogP contribution in [0.25, 0.3) is 0 Å². The lowest BCUT2D eigenvalue weighted by Crippen LogP contribution is -2.53. The molecule has 0 saturated carbocycles. The molecule has 1 aromatic rings. The highest BCUT2D eigenvalue weighted by molar-refractivity contribution is 7.90. The molecule has 2 aliphatic heterocycles. The molecule has 0 radical (unpaired) electrons. The highest BCUT2D eigenvalue weighted by Gasteiger charge is 2.56. The molecule has 1 amide bonds. The maximum atomic E-state index is 12.9. The van der Waals surface area contributed by atoms with E-state index in [-0.39, 0.29) is 22.3 Å². The van der Waals surface area contributed by atoms with E-state index >= 15 is 0 Å². The van der Waals surface area contributed by atoms with Crippen molar-refractivity contribution in [1.29, 1.82) is 0 Å². The molecule has 2 heterocycles. The average molecular weight is 391 g/mol. The zero-order valence-electron chi connectivity index (χ0n) is 16.9. The number of likely N-dealkylation sites (tertiary alicyclic amines) is 1. The van der Waals surface area contributed by atoms with Crippen LogP contribution in [0.15, 0.2) is 18.2 Å². The Labute approximate surface area is 165 Å². The van der Waals surface area contributed by atoms with Crippen molar-refractivity contribution >= 4 is 17.5 Å². The van der Waals surface area contributed by atoms with E-state index in [0.29, 0.717) is 13.1 Å². The summed E-state index contributed by atoms with van der Waals surface area (Å²) in [5, 5.41) is 0. The van der Waals surface area contributed by atoms with Crippen molar-refractivity contribution in [2.45, 2.75) is 70.3 Å². The highest BCUT2D eigenvalue weighted by Crippen LogP contribution is 2.57. The summed E-state index contributed by atoms with van der Waals surface area (Å²) in [6.07, 6.45) is 2.56. The van der Waals surface area contributed by atoms with Gasteiger partial charge in [0.15, 0.2) is 4.75 Å². The number of hydrogen-bond donors (Lipinski definition) is 1. The number of hydrogen-bond acceptors (Lipinski definition) is 4. The summed E-state index contributed by atoms with van der Waals surface area (Å²) in [7, 11) is 0. The average Bonchev–Trinajstić information content (AvgIpc) is 2.86. The number of carbonyl (C=O) groups excluding carboxylic acids is 1. The summed E-state index contributed by atoms with van der Waals surface area (Å²) >= 11 is -1.12. The molecule has 6 heteroatoms. The van der Waals surface area contributed by atoms with Gasteiger partial charge in [-0.1, -0.05) is 18.2 Å². The van der Waals surface area contributed by atoms with Gasteiger partial charge in [0.2, 0.25) is 0 Å². The van der Waals surface area contributed by atoms with Gasteiger partial charge < -0.3 is 14.2 Å². The zero-order valence-corrected chi connectivity index (χ0v) is 17.7. The predicted molar refractivity (Wildman–Crippen MR) is 107 cm³/mol. The first kappa shape index (κ1) is 19.1. The van der Waals surface area contributed by atoms with E-state index in [1.54, 1.807) is 0 Å². The second kappa shape index (κ2) is 6.13. The topological polar surface area (TPSA) is 64.6 Å². The Balaban J connectivity index is 1.57. The number of piperidine rings is 1. The fourth-order valence-corrected chi connectivity index (χ4v) is 6.14. The Kier molecular flexibility index (Phi) is 4.33. The van der Waals surface area contributed by atoms with Crippen LogP contribution in [0.1, 0.15) is 70.2 Å². The summed E-state index contributed by atoms with van der Waals surface area (Å²) in [6.45, 7) is 11.2. The Morgan fingerprint density at radius 1 is 1.30 bits per heavy atom. The van der Waals surface area contributed by atoms with Crippen molar-refractivity contribution in [3.8, 4) is 0 Å². The van der Waals surface area contributed by atoms with E-state index in [0.717, 1.165) is 19.3 Å². The molecule has 1 aliphatic carbocycles. The van der Waals surface area contributed by atoms with Crippen LogP contribution in [-0.2, 0) is 27.3 Å². The van der Waals surface area contributed by atoms with Crippen LogP contribution in [0.3, 0.4) is 0 Å². The van der Waals surface area contributed by atoms with Crippen molar-refractivity contribution in [3.63, 3.8) is 0 Å². The predicted octanol–water partition coefficient (Wildman–Crippen LogP) is 3.80. The van der Waals surface area contributed by atoms with E-state index < -0.39 is 17.0 Å². The minimum atomic E-state index is -1.12. The summed E-state index contributed by atoms with van der Waals surface area (Å²) in [4.78, 5) is 14.3. The van der Waals surface area contributed by atoms with Gasteiger partial charge in [-0.25, -0.2) is 4.79 Å². The van der Waals surface area contributed by atoms with Crippen molar-refractivity contribution in [1.82, 2.24) is 9.62 Å². The number of nitrogens with zero attached hydrogens (tertiary/aromatic N) is 1. The molecule has 1 fully saturated rings. The summed E-state index contributed by atoms with van der Waals surface area (Å²) < 4.78 is 21.5. The highest BCUT2D eigenvalue weighted by atomic mass is 32.2. The molecule has 1 spiro atoms. The standard InChI is InChI=1S/C21H30N2O3S/c1-19(2,3)26-18(24)23-11-9-21(10-12-23)13-14-7-6-8-15-16(14)17(21)22-27(25)20(15,4)5/h6-8,17,22H,9-13H2,1-5H3/t17-,27-/m1/s1. The Bertz CT molecular complexity index is 763. The van der Waals surface area contributed by atoms with E-state index in [2.05, 4.69) is 36.8 Å². The Hall–Kier alpha value is -1.24. The lowest BCUT2D eigenvalue weighted by atomic mass is 9.72. The third kappa shape index (κ3) is 3.06. The number of benzene rings is 1. The first-order valence-electron chi connectivity index (χ1n) is 9.82. The van der Waals surface area contributed by atoms with Crippen LogP contribution < -0.4 is 4.72 Å². The quantitative estimate of drug-likeness (QED) is 0.684. The number of amides is 1. The SMILES string of the molecule is CC(C)(C)OC(=O)N1CCC2(CC1)Cc1cccc3c1[C@H]2N[S@+]([O-])C3(C)C. The summed E-state index contributed by atoms with van der Waals surface area (Å²) in [5.41, 5.74) is 3.50. The van der Waals surface area contributed by atoms with E-state index in [9.17, 15) is 9.35 Å². The van der Waals surface area contributed by atoms with Crippen molar-refractivity contribution in [2.24, 2.45) is 5.41 Å². The molecule has 0 aromatic heterocycles. The smallest absolute Gasteiger partial charge is 0.410 e. The van der Waals surface area contributed by atoms with Crippen LogP contribution in [0, 0.1) is 5.41 Å². The third-order valence-corrected chi connectivity index (χ3v) is 7.98. The van der Waals surface area contributed by atoms with Gasteiger partial charge in [0.1, 0.15) is 5.60 Å². The molecule has 0 unspecified atom stereocenters. The molecule has 0 bridgehead atoms. The van der Waals surface area contributed by atoms with Gasteiger partial charge in [0.25, 0.3) is 0 Å². The van der Waals surface area contributed by atoms with E-state index in [4.69, 9.17) is 4.74 Å². The van der Waals surface area contributed by atoms with Gasteiger partial charge in [-0.3, -0.25) is 0 Å². The van der Waals surface area contributed by atoms with Gasteiger partial charge in [0, 0.05) is 35.4 Å². The van der Waals surface area contributed by atoms with Crippen molar-refractivity contribution in [2.75, 3.05) is 13.1 Å². The van der Waals surface area contributed by atoms with Crippen LogP contribution in [0.2, 0.25) is 0 Å².